The molecule has 0 amide bonds. The standard InChI is InChI=1S/C12H20N4O/c1-9(2)16-7-5-14-11(12(16)17)15-6-4-13-10(3)8-15/h5,7,9-10,13H,4,6,8H2,1-3H3. The lowest BCUT2D eigenvalue weighted by atomic mass is 10.2. The topological polar surface area (TPSA) is 50.2 Å². The van der Waals surface area contributed by atoms with Gasteiger partial charge in [0, 0.05) is 44.1 Å². The third kappa shape index (κ3) is 2.49. The van der Waals surface area contributed by atoms with Gasteiger partial charge in [-0.3, -0.25) is 4.79 Å². The number of aromatic nitrogens is 2. The van der Waals surface area contributed by atoms with Crippen LogP contribution < -0.4 is 15.8 Å². The van der Waals surface area contributed by atoms with Gasteiger partial charge in [0.2, 0.25) is 0 Å². The van der Waals surface area contributed by atoms with Gasteiger partial charge in [0.1, 0.15) is 0 Å². The fraction of sp³-hybridized carbons (Fsp3) is 0.667. The zero-order chi connectivity index (χ0) is 12.4. The molecule has 1 aliphatic heterocycles. The number of anilines is 1. The first-order chi connectivity index (χ1) is 8.09. The lowest BCUT2D eigenvalue weighted by Crippen LogP contribution is -2.51. The van der Waals surface area contributed by atoms with Gasteiger partial charge < -0.3 is 14.8 Å². The highest BCUT2D eigenvalue weighted by Gasteiger charge is 2.20. The summed E-state index contributed by atoms with van der Waals surface area (Å²) in [6.07, 6.45) is 3.46. The van der Waals surface area contributed by atoms with E-state index in [1.54, 1.807) is 17.0 Å². The van der Waals surface area contributed by atoms with Crippen molar-refractivity contribution in [2.75, 3.05) is 24.5 Å². The van der Waals surface area contributed by atoms with Crippen molar-refractivity contribution in [2.45, 2.75) is 32.9 Å². The molecule has 5 nitrogen and oxygen atoms in total. The van der Waals surface area contributed by atoms with E-state index in [0.717, 1.165) is 19.6 Å². The van der Waals surface area contributed by atoms with E-state index in [9.17, 15) is 4.79 Å². The van der Waals surface area contributed by atoms with Crippen molar-refractivity contribution in [1.29, 1.82) is 0 Å². The van der Waals surface area contributed by atoms with Gasteiger partial charge in [-0.1, -0.05) is 0 Å². The van der Waals surface area contributed by atoms with Crippen LogP contribution in [0, 0.1) is 0 Å². The Bertz CT molecular complexity index is 440. The molecule has 0 aromatic carbocycles. The average molecular weight is 236 g/mol. The van der Waals surface area contributed by atoms with E-state index in [2.05, 4.69) is 22.1 Å². The highest BCUT2D eigenvalue weighted by molar-refractivity contribution is 5.36. The van der Waals surface area contributed by atoms with Crippen molar-refractivity contribution >= 4 is 5.82 Å². The largest absolute Gasteiger partial charge is 0.349 e. The minimum Gasteiger partial charge on any atom is -0.349 e. The summed E-state index contributed by atoms with van der Waals surface area (Å²) in [5.74, 6) is 0.578. The SMILES string of the molecule is CC1CN(c2nccn(C(C)C)c2=O)CCN1. The van der Waals surface area contributed by atoms with Crippen molar-refractivity contribution < 1.29 is 0 Å². The zero-order valence-corrected chi connectivity index (χ0v) is 10.7. The predicted octanol–water partition coefficient (Wildman–Crippen LogP) is 0.622. The van der Waals surface area contributed by atoms with Crippen LogP contribution in [0.4, 0.5) is 5.82 Å². The number of nitrogens with one attached hydrogen (secondary N) is 1. The monoisotopic (exact) mass is 236 g/mol. The number of piperazine rings is 1. The number of hydrogen-bond donors (Lipinski definition) is 1. The molecule has 94 valence electrons. The van der Waals surface area contributed by atoms with Gasteiger partial charge >= 0.3 is 0 Å². The van der Waals surface area contributed by atoms with E-state index in [4.69, 9.17) is 0 Å². The first-order valence-corrected chi connectivity index (χ1v) is 6.15. The molecular formula is C12H20N4O. The molecule has 1 N–H and O–H groups in total. The molecule has 1 aromatic heterocycles. The van der Waals surface area contributed by atoms with Gasteiger partial charge in [-0.15, -0.1) is 0 Å². The number of rotatable bonds is 2. The van der Waals surface area contributed by atoms with E-state index >= 15 is 0 Å². The summed E-state index contributed by atoms with van der Waals surface area (Å²) in [6, 6.07) is 0.572. The van der Waals surface area contributed by atoms with Crippen LogP contribution in [-0.2, 0) is 0 Å². The lowest BCUT2D eigenvalue weighted by molar-refractivity contribution is 0.477. The molecule has 5 heteroatoms. The molecule has 1 atom stereocenters. The van der Waals surface area contributed by atoms with Gasteiger partial charge in [-0.25, -0.2) is 4.98 Å². The first-order valence-electron chi connectivity index (χ1n) is 6.15. The molecule has 1 fully saturated rings. The van der Waals surface area contributed by atoms with Crippen LogP contribution in [0.5, 0.6) is 0 Å². The van der Waals surface area contributed by atoms with Gasteiger partial charge in [0.05, 0.1) is 0 Å². The molecule has 0 bridgehead atoms. The van der Waals surface area contributed by atoms with Crippen molar-refractivity contribution in [3.05, 3.63) is 22.7 Å². The molecule has 0 spiro atoms. The van der Waals surface area contributed by atoms with Crippen molar-refractivity contribution in [2.24, 2.45) is 0 Å². The highest BCUT2D eigenvalue weighted by atomic mass is 16.1. The molecule has 2 heterocycles. The summed E-state index contributed by atoms with van der Waals surface area (Å²) in [7, 11) is 0. The molecule has 2 rings (SSSR count). The van der Waals surface area contributed by atoms with E-state index in [0.29, 0.717) is 11.9 Å². The van der Waals surface area contributed by atoms with Crippen LogP contribution in [0.2, 0.25) is 0 Å². The minimum absolute atomic E-state index is 0.0107. The molecule has 0 aliphatic carbocycles. The second-order valence-electron chi connectivity index (χ2n) is 4.86. The first kappa shape index (κ1) is 12.1. The van der Waals surface area contributed by atoms with Crippen LogP contribution >= 0.6 is 0 Å². The molecule has 1 aromatic rings. The Hall–Kier alpha value is -1.36. The van der Waals surface area contributed by atoms with Crippen LogP contribution in [0.1, 0.15) is 26.8 Å². The molecule has 1 aliphatic rings. The molecule has 0 saturated carbocycles. The Labute approximate surface area is 101 Å². The van der Waals surface area contributed by atoms with Gasteiger partial charge in [0.25, 0.3) is 5.56 Å². The van der Waals surface area contributed by atoms with Crippen LogP contribution in [0.15, 0.2) is 17.2 Å². The molecule has 0 radical (unpaired) electrons. The summed E-state index contributed by atoms with van der Waals surface area (Å²) in [6.45, 7) is 8.71. The van der Waals surface area contributed by atoms with Gasteiger partial charge in [0.15, 0.2) is 5.82 Å². The Balaban J connectivity index is 2.32. The second kappa shape index (κ2) is 4.87. The van der Waals surface area contributed by atoms with E-state index in [1.807, 2.05) is 13.8 Å². The fourth-order valence-corrected chi connectivity index (χ4v) is 2.16. The maximum atomic E-state index is 12.3. The maximum absolute atomic E-state index is 12.3. The fourth-order valence-electron chi connectivity index (χ4n) is 2.16. The normalized spacial score (nSPS) is 20.9. The molecule has 1 unspecified atom stereocenters. The second-order valence-corrected chi connectivity index (χ2v) is 4.86. The van der Waals surface area contributed by atoms with Crippen LogP contribution in [0.25, 0.3) is 0 Å². The number of hydrogen-bond acceptors (Lipinski definition) is 4. The maximum Gasteiger partial charge on any atom is 0.293 e. The summed E-state index contributed by atoms with van der Waals surface area (Å²) in [5.41, 5.74) is 0.0107. The van der Waals surface area contributed by atoms with E-state index in [1.165, 1.54) is 0 Å². The van der Waals surface area contributed by atoms with Crippen molar-refractivity contribution in [3.8, 4) is 0 Å². The van der Waals surface area contributed by atoms with Crippen molar-refractivity contribution in [3.63, 3.8) is 0 Å². The molecule has 1 saturated heterocycles. The predicted molar refractivity (Wildman–Crippen MR) is 68.6 cm³/mol. The van der Waals surface area contributed by atoms with Crippen LogP contribution in [0.3, 0.4) is 0 Å². The average Bonchev–Trinajstić information content (AvgIpc) is 2.29. The number of nitrogens with zero attached hydrogens (tertiary/aromatic N) is 3. The summed E-state index contributed by atoms with van der Waals surface area (Å²) in [4.78, 5) is 18.6. The molecule has 17 heavy (non-hydrogen) atoms. The Kier molecular flexibility index (Phi) is 3.47. The Morgan fingerprint density at radius 3 is 2.94 bits per heavy atom. The minimum atomic E-state index is 0.0107. The molecular weight excluding hydrogens is 216 g/mol. The summed E-state index contributed by atoms with van der Waals surface area (Å²) in [5, 5.41) is 3.36. The highest BCUT2D eigenvalue weighted by Crippen LogP contribution is 2.09. The van der Waals surface area contributed by atoms with Gasteiger partial charge in [-0.05, 0) is 20.8 Å². The van der Waals surface area contributed by atoms with Gasteiger partial charge in [-0.2, -0.15) is 0 Å². The van der Waals surface area contributed by atoms with Crippen molar-refractivity contribution in [1.82, 2.24) is 14.9 Å². The Morgan fingerprint density at radius 2 is 2.29 bits per heavy atom. The smallest absolute Gasteiger partial charge is 0.293 e. The summed E-state index contributed by atoms with van der Waals surface area (Å²) >= 11 is 0. The van der Waals surface area contributed by atoms with E-state index in [-0.39, 0.29) is 11.6 Å². The third-order valence-corrected chi connectivity index (χ3v) is 3.07. The lowest BCUT2D eigenvalue weighted by Gasteiger charge is -2.32. The Morgan fingerprint density at radius 1 is 1.53 bits per heavy atom. The van der Waals surface area contributed by atoms with Crippen LogP contribution in [-0.4, -0.2) is 35.2 Å². The quantitative estimate of drug-likeness (QED) is 0.818. The third-order valence-electron chi connectivity index (χ3n) is 3.07. The summed E-state index contributed by atoms with van der Waals surface area (Å²) < 4.78 is 1.73. The van der Waals surface area contributed by atoms with E-state index < -0.39 is 0 Å². The zero-order valence-electron chi connectivity index (χ0n) is 10.7.